The zero-order valence-electron chi connectivity index (χ0n) is 22.8. The van der Waals surface area contributed by atoms with Crippen LogP contribution in [0.2, 0.25) is 0 Å². The minimum Gasteiger partial charge on any atom is -0.456 e. The lowest BCUT2D eigenvalue weighted by atomic mass is 9.76. The van der Waals surface area contributed by atoms with Gasteiger partial charge in [0.15, 0.2) is 5.65 Å². The van der Waals surface area contributed by atoms with Crippen LogP contribution >= 0.6 is 0 Å². The summed E-state index contributed by atoms with van der Waals surface area (Å²) in [5.74, 6) is 2.04. The zero-order chi connectivity index (χ0) is 28.2. The Kier molecular flexibility index (Phi) is 4.34. The van der Waals surface area contributed by atoms with Gasteiger partial charge in [0.25, 0.3) is 0 Å². The summed E-state index contributed by atoms with van der Waals surface area (Å²) in [6, 6.07) is 31.0. The molecule has 7 heteroatoms. The first-order valence-electron chi connectivity index (χ1n) is 13.8. The maximum Gasteiger partial charge on any atom is 0.169 e. The van der Waals surface area contributed by atoms with E-state index in [1.54, 1.807) is 6.33 Å². The Hall–Kier alpha value is -5.74. The molecule has 198 valence electrons. The van der Waals surface area contributed by atoms with Crippen LogP contribution in [-0.4, -0.2) is 24.1 Å². The van der Waals surface area contributed by atoms with Crippen LogP contribution in [-0.2, 0) is 5.41 Å². The molecule has 1 aliphatic heterocycles. The summed E-state index contributed by atoms with van der Waals surface area (Å²) >= 11 is 0. The SMILES string of the molecule is CC1(C)c2cccnc2-n2c3cc(Oc4cc5c(cc4C#N)c4ccccc4n4cnnc54)ccc3c3cccc1c32. The van der Waals surface area contributed by atoms with Crippen LogP contribution in [0, 0.1) is 11.3 Å². The number of nitriles is 1. The van der Waals surface area contributed by atoms with Crippen LogP contribution in [0.3, 0.4) is 0 Å². The summed E-state index contributed by atoms with van der Waals surface area (Å²) in [5, 5.41) is 23.9. The van der Waals surface area contributed by atoms with E-state index in [0.29, 0.717) is 22.7 Å². The van der Waals surface area contributed by atoms with E-state index < -0.39 is 0 Å². The van der Waals surface area contributed by atoms with Crippen molar-refractivity contribution in [3.05, 3.63) is 114 Å². The molecule has 5 heterocycles. The van der Waals surface area contributed by atoms with Crippen LogP contribution in [0.5, 0.6) is 11.5 Å². The van der Waals surface area contributed by atoms with Gasteiger partial charge in [-0.1, -0.05) is 56.3 Å². The summed E-state index contributed by atoms with van der Waals surface area (Å²) in [6.45, 7) is 4.52. The fourth-order valence-electron chi connectivity index (χ4n) is 6.84. The Balaban J connectivity index is 1.28. The second kappa shape index (κ2) is 7.93. The minimum absolute atomic E-state index is 0.184. The monoisotopic (exact) mass is 542 g/mol. The molecular weight excluding hydrogens is 520 g/mol. The summed E-state index contributed by atoms with van der Waals surface area (Å²) < 4.78 is 10.7. The van der Waals surface area contributed by atoms with Crippen molar-refractivity contribution in [3.8, 4) is 23.4 Å². The summed E-state index contributed by atoms with van der Waals surface area (Å²) in [5.41, 5.74) is 6.60. The quantitative estimate of drug-likeness (QED) is 0.208. The van der Waals surface area contributed by atoms with Gasteiger partial charge in [0.05, 0.1) is 22.1 Å². The van der Waals surface area contributed by atoms with E-state index in [2.05, 4.69) is 71.1 Å². The maximum absolute atomic E-state index is 10.2. The first-order chi connectivity index (χ1) is 20.5. The minimum atomic E-state index is -0.184. The van der Waals surface area contributed by atoms with Crippen LogP contribution in [0.15, 0.2) is 97.5 Å². The van der Waals surface area contributed by atoms with E-state index in [9.17, 15) is 5.26 Å². The highest BCUT2D eigenvalue weighted by molar-refractivity contribution is 6.13. The Morgan fingerprint density at radius 3 is 2.52 bits per heavy atom. The van der Waals surface area contributed by atoms with E-state index >= 15 is 0 Å². The van der Waals surface area contributed by atoms with Gasteiger partial charge in [-0.2, -0.15) is 5.26 Å². The fourth-order valence-corrected chi connectivity index (χ4v) is 6.84. The molecule has 0 atom stereocenters. The van der Waals surface area contributed by atoms with E-state index in [-0.39, 0.29) is 5.41 Å². The number of rotatable bonds is 2. The van der Waals surface area contributed by atoms with Gasteiger partial charge in [0.1, 0.15) is 29.7 Å². The first kappa shape index (κ1) is 23.0. The van der Waals surface area contributed by atoms with Gasteiger partial charge in [-0.3, -0.25) is 8.97 Å². The van der Waals surface area contributed by atoms with Crippen molar-refractivity contribution in [2.24, 2.45) is 0 Å². The highest BCUT2D eigenvalue weighted by atomic mass is 16.5. The lowest BCUT2D eigenvalue weighted by Gasteiger charge is -2.33. The van der Waals surface area contributed by atoms with E-state index in [1.165, 1.54) is 22.0 Å². The standard InChI is InChI=1S/C35H22N6O/c1-35(2)27-9-5-8-24-23-13-12-21(16-30(23)41(32(24)27)34-28(35)10-6-14-37-34)42-31-17-26-25(15-20(31)18-36)22-7-3-4-11-29(22)40-19-38-39-33(26)40/h3-17,19H,1-2H3. The Bertz CT molecular complexity index is 2490. The van der Waals surface area contributed by atoms with Crippen LogP contribution in [0.4, 0.5) is 0 Å². The third kappa shape index (κ3) is 2.85. The average Bonchev–Trinajstić information content (AvgIpc) is 3.64. The maximum atomic E-state index is 10.2. The number of fused-ring (bicyclic) bond motifs is 11. The molecule has 42 heavy (non-hydrogen) atoms. The number of hydrogen-bond acceptors (Lipinski definition) is 5. The molecule has 4 aromatic heterocycles. The van der Waals surface area contributed by atoms with Crippen molar-refractivity contribution in [1.29, 1.82) is 5.26 Å². The molecule has 0 saturated carbocycles. The molecule has 0 amide bonds. The largest absolute Gasteiger partial charge is 0.456 e. The number of benzene rings is 4. The third-order valence-electron chi connectivity index (χ3n) is 8.82. The van der Waals surface area contributed by atoms with Crippen molar-refractivity contribution in [2.45, 2.75) is 19.3 Å². The second-order valence-electron chi connectivity index (χ2n) is 11.4. The van der Waals surface area contributed by atoms with Gasteiger partial charge in [-0.05, 0) is 47.3 Å². The lowest BCUT2D eigenvalue weighted by molar-refractivity contribution is 0.482. The van der Waals surface area contributed by atoms with Crippen molar-refractivity contribution in [1.82, 2.24) is 24.1 Å². The summed E-state index contributed by atoms with van der Waals surface area (Å²) in [4.78, 5) is 4.85. The third-order valence-corrected chi connectivity index (χ3v) is 8.82. The number of para-hydroxylation sites is 2. The number of ether oxygens (including phenoxy) is 1. The topological polar surface area (TPSA) is 81.0 Å². The molecule has 7 nitrogen and oxygen atoms in total. The molecule has 0 unspecified atom stereocenters. The van der Waals surface area contributed by atoms with Gasteiger partial charge >= 0.3 is 0 Å². The van der Waals surface area contributed by atoms with Crippen molar-refractivity contribution in [3.63, 3.8) is 0 Å². The molecule has 4 aromatic carbocycles. The average molecular weight is 543 g/mol. The predicted molar refractivity (Wildman–Crippen MR) is 163 cm³/mol. The molecule has 0 saturated heterocycles. The van der Waals surface area contributed by atoms with Gasteiger partial charge in [-0.15, -0.1) is 10.2 Å². The number of hydrogen-bond donors (Lipinski definition) is 0. The molecule has 0 bridgehead atoms. The molecule has 0 fully saturated rings. The molecule has 9 rings (SSSR count). The first-order valence-corrected chi connectivity index (χ1v) is 13.8. The predicted octanol–water partition coefficient (Wildman–Crippen LogP) is 7.83. The van der Waals surface area contributed by atoms with E-state index in [4.69, 9.17) is 9.72 Å². The molecule has 8 aromatic rings. The van der Waals surface area contributed by atoms with Crippen LogP contribution in [0.25, 0.3) is 54.9 Å². The zero-order valence-corrected chi connectivity index (χ0v) is 22.8. The Labute approximate surface area is 239 Å². The van der Waals surface area contributed by atoms with E-state index in [1.807, 2.05) is 59.1 Å². The van der Waals surface area contributed by atoms with E-state index in [0.717, 1.165) is 38.4 Å². The smallest absolute Gasteiger partial charge is 0.169 e. The second-order valence-corrected chi connectivity index (χ2v) is 11.4. The molecule has 1 aliphatic rings. The Morgan fingerprint density at radius 2 is 1.62 bits per heavy atom. The van der Waals surface area contributed by atoms with Crippen LogP contribution in [0.1, 0.15) is 30.5 Å². The summed E-state index contributed by atoms with van der Waals surface area (Å²) in [7, 11) is 0. The molecule has 0 spiro atoms. The van der Waals surface area contributed by atoms with Gasteiger partial charge in [0.2, 0.25) is 0 Å². The normalized spacial score (nSPS) is 13.6. The van der Waals surface area contributed by atoms with Gasteiger partial charge in [-0.25, -0.2) is 4.98 Å². The van der Waals surface area contributed by atoms with Gasteiger partial charge < -0.3 is 4.74 Å². The van der Waals surface area contributed by atoms with Crippen molar-refractivity contribution in [2.75, 3.05) is 0 Å². The van der Waals surface area contributed by atoms with Gasteiger partial charge in [0, 0.05) is 44.8 Å². The molecule has 0 N–H and O–H groups in total. The number of pyridine rings is 2. The highest BCUT2D eigenvalue weighted by Gasteiger charge is 2.35. The number of aromatic nitrogens is 5. The fraction of sp³-hybridized carbons (Fsp3) is 0.0857. The van der Waals surface area contributed by atoms with Crippen LogP contribution < -0.4 is 4.74 Å². The van der Waals surface area contributed by atoms with Crippen molar-refractivity contribution < 1.29 is 4.74 Å². The molecule has 0 radical (unpaired) electrons. The number of nitrogens with zero attached hydrogens (tertiary/aromatic N) is 6. The lowest BCUT2D eigenvalue weighted by Crippen LogP contribution is -2.26. The summed E-state index contributed by atoms with van der Waals surface area (Å²) in [6.07, 6.45) is 3.57. The molecular formula is C35H22N6O. The molecule has 0 aliphatic carbocycles. The van der Waals surface area contributed by atoms with Crippen molar-refractivity contribution >= 4 is 49.1 Å². The highest BCUT2D eigenvalue weighted by Crippen LogP contribution is 2.47. The Morgan fingerprint density at radius 1 is 0.786 bits per heavy atom.